The van der Waals surface area contributed by atoms with Gasteiger partial charge in [0, 0.05) is 16.1 Å². The van der Waals surface area contributed by atoms with Crippen molar-refractivity contribution in [1.29, 1.82) is 0 Å². The quantitative estimate of drug-likeness (QED) is 0.922. The summed E-state index contributed by atoms with van der Waals surface area (Å²) in [4.78, 5) is 12.5. The Morgan fingerprint density at radius 2 is 2.20 bits per heavy atom. The first-order valence-corrected chi connectivity index (χ1v) is 8.78. The molecular weight excluding hydrogens is 301 g/mol. The number of hydrogen-bond donors (Lipinski definition) is 1. The minimum Gasteiger partial charge on any atom is -0.348 e. The molecule has 4 nitrogen and oxygen atoms in total. The third-order valence-electron chi connectivity index (χ3n) is 3.30. The molecule has 1 fully saturated rings. The van der Waals surface area contributed by atoms with Gasteiger partial charge in [-0.25, -0.2) is 12.8 Å². The molecule has 1 aliphatic rings. The molecule has 7 heteroatoms. The zero-order valence-corrected chi connectivity index (χ0v) is 12.1. The lowest BCUT2D eigenvalue weighted by molar-refractivity contribution is 0.0945. The summed E-state index contributed by atoms with van der Waals surface area (Å²) >= 11 is 1.20. The summed E-state index contributed by atoms with van der Waals surface area (Å²) in [5.74, 6) is -0.606. The molecule has 0 saturated carbocycles. The van der Waals surface area contributed by atoms with Gasteiger partial charge < -0.3 is 5.32 Å². The summed E-state index contributed by atoms with van der Waals surface area (Å²) in [5.41, 5.74) is 0. The lowest BCUT2D eigenvalue weighted by Gasteiger charge is -2.08. The van der Waals surface area contributed by atoms with E-state index in [1.807, 2.05) is 0 Å². The normalized spacial score (nSPS) is 21.1. The first-order chi connectivity index (χ1) is 9.44. The highest BCUT2D eigenvalue weighted by Gasteiger charge is 2.29. The fourth-order valence-corrected chi connectivity index (χ4v) is 4.95. The van der Waals surface area contributed by atoms with Crippen LogP contribution in [0.15, 0.2) is 24.3 Å². The predicted octanol–water partition coefficient (Wildman–Crippen LogP) is 1.96. The average molecular weight is 313 g/mol. The number of thiophene rings is 1. The Balaban J connectivity index is 1.81. The number of halogens is 1. The molecule has 1 N–H and O–H groups in total. The van der Waals surface area contributed by atoms with E-state index >= 15 is 0 Å². The number of sulfone groups is 1. The maximum Gasteiger partial charge on any atom is 0.261 e. The second kappa shape index (κ2) is 4.82. The zero-order valence-electron chi connectivity index (χ0n) is 10.4. The van der Waals surface area contributed by atoms with Gasteiger partial charge >= 0.3 is 0 Å². The van der Waals surface area contributed by atoms with Gasteiger partial charge in [0.25, 0.3) is 5.91 Å². The standard InChI is InChI=1S/C13H12FNO3S2/c14-10-2-1-3-11-9(10)6-12(19-11)13(16)15-8-4-5-20(17,18)7-8/h1-3,6,8H,4-5,7H2,(H,15,16). The van der Waals surface area contributed by atoms with Crippen LogP contribution in [-0.4, -0.2) is 31.9 Å². The van der Waals surface area contributed by atoms with Crippen LogP contribution in [0.25, 0.3) is 10.1 Å². The van der Waals surface area contributed by atoms with Crippen LogP contribution in [0.2, 0.25) is 0 Å². The molecule has 3 rings (SSSR count). The summed E-state index contributed by atoms with van der Waals surface area (Å²) in [5, 5.41) is 3.12. The van der Waals surface area contributed by atoms with Crippen LogP contribution in [-0.2, 0) is 9.84 Å². The number of fused-ring (bicyclic) bond motifs is 1. The molecule has 1 saturated heterocycles. The van der Waals surface area contributed by atoms with Gasteiger partial charge in [0.1, 0.15) is 5.82 Å². The Bertz CT molecular complexity index is 782. The Morgan fingerprint density at radius 1 is 1.40 bits per heavy atom. The van der Waals surface area contributed by atoms with Crippen molar-refractivity contribution in [2.75, 3.05) is 11.5 Å². The van der Waals surface area contributed by atoms with Crippen molar-refractivity contribution in [1.82, 2.24) is 5.32 Å². The molecular formula is C13H12FNO3S2. The Hall–Kier alpha value is -1.47. The summed E-state index contributed by atoms with van der Waals surface area (Å²) in [6, 6.07) is 5.86. The molecule has 0 spiro atoms. The third-order valence-corrected chi connectivity index (χ3v) is 6.17. The van der Waals surface area contributed by atoms with Gasteiger partial charge in [-0.3, -0.25) is 4.79 Å². The van der Waals surface area contributed by atoms with E-state index in [9.17, 15) is 17.6 Å². The van der Waals surface area contributed by atoms with Crippen LogP contribution in [0.4, 0.5) is 4.39 Å². The number of rotatable bonds is 2. The van der Waals surface area contributed by atoms with Gasteiger partial charge in [-0.2, -0.15) is 0 Å². The fraction of sp³-hybridized carbons (Fsp3) is 0.308. The van der Waals surface area contributed by atoms with Crippen LogP contribution in [0.3, 0.4) is 0 Å². The Labute approximate surface area is 119 Å². The van der Waals surface area contributed by atoms with Gasteiger partial charge in [-0.15, -0.1) is 11.3 Å². The highest BCUT2D eigenvalue weighted by atomic mass is 32.2. The van der Waals surface area contributed by atoms with E-state index in [1.165, 1.54) is 23.5 Å². The van der Waals surface area contributed by atoms with E-state index in [4.69, 9.17) is 0 Å². The van der Waals surface area contributed by atoms with E-state index in [0.29, 0.717) is 21.4 Å². The highest BCUT2D eigenvalue weighted by molar-refractivity contribution is 7.91. The highest BCUT2D eigenvalue weighted by Crippen LogP contribution is 2.27. The second-order valence-corrected chi connectivity index (χ2v) is 8.15. The topological polar surface area (TPSA) is 63.2 Å². The minimum atomic E-state index is -3.03. The molecule has 1 amide bonds. The molecule has 2 heterocycles. The SMILES string of the molecule is O=C(NC1CCS(=O)(=O)C1)c1cc2c(F)cccc2s1. The number of benzene rings is 1. The molecule has 106 valence electrons. The average Bonchev–Trinajstić information content (AvgIpc) is 2.94. The van der Waals surface area contributed by atoms with Gasteiger partial charge in [0.15, 0.2) is 9.84 Å². The predicted molar refractivity (Wildman–Crippen MR) is 76.3 cm³/mol. The van der Waals surface area contributed by atoms with Gasteiger partial charge in [0.2, 0.25) is 0 Å². The van der Waals surface area contributed by atoms with Gasteiger partial charge in [0.05, 0.1) is 16.4 Å². The van der Waals surface area contributed by atoms with Crippen molar-refractivity contribution in [3.05, 3.63) is 35.0 Å². The van der Waals surface area contributed by atoms with Crippen molar-refractivity contribution in [3.63, 3.8) is 0 Å². The smallest absolute Gasteiger partial charge is 0.261 e. The molecule has 0 aliphatic carbocycles. The molecule has 20 heavy (non-hydrogen) atoms. The Kier molecular flexibility index (Phi) is 3.25. The molecule has 1 unspecified atom stereocenters. The van der Waals surface area contributed by atoms with Crippen molar-refractivity contribution >= 4 is 37.2 Å². The molecule has 1 atom stereocenters. The van der Waals surface area contributed by atoms with E-state index in [0.717, 1.165) is 0 Å². The molecule has 1 aromatic heterocycles. The summed E-state index contributed by atoms with van der Waals surface area (Å²) in [6.07, 6.45) is 0.438. The van der Waals surface area contributed by atoms with Crippen LogP contribution < -0.4 is 5.32 Å². The maximum atomic E-state index is 13.6. The van der Waals surface area contributed by atoms with Crippen LogP contribution in [0, 0.1) is 5.82 Å². The van der Waals surface area contributed by atoms with Crippen molar-refractivity contribution < 1.29 is 17.6 Å². The first-order valence-electron chi connectivity index (χ1n) is 6.14. The van der Waals surface area contributed by atoms with Crippen molar-refractivity contribution in [2.45, 2.75) is 12.5 Å². The molecule has 0 bridgehead atoms. The summed E-state index contributed by atoms with van der Waals surface area (Å²) in [6.45, 7) is 0. The number of carbonyl (C=O) groups is 1. The van der Waals surface area contributed by atoms with Crippen molar-refractivity contribution in [3.8, 4) is 0 Å². The first kappa shape index (κ1) is 13.5. The summed E-state index contributed by atoms with van der Waals surface area (Å²) < 4.78 is 37.0. The van der Waals surface area contributed by atoms with Crippen LogP contribution >= 0.6 is 11.3 Å². The molecule has 2 aromatic rings. The zero-order chi connectivity index (χ0) is 14.3. The molecule has 1 aromatic carbocycles. The third kappa shape index (κ3) is 2.55. The van der Waals surface area contributed by atoms with Gasteiger partial charge in [-0.05, 0) is 24.6 Å². The largest absolute Gasteiger partial charge is 0.348 e. The molecule has 0 radical (unpaired) electrons. The lowest BCUT2D eigenvalue weighted by Crippen LogP contribution is -2.35. The number of carbonyl (C=O) groups excluding carboxylic acids is 1. The minimum absolute atomic E-state index is 0.0159. The Morgan fingerprint density at radius 3 is 2.85 bits per heavy atom. The van der Waals surface area contributed by atoms with E-state index < -0.39 is 9.84 Å². The maximum absolute atomic E-state index is 13.6. The van der Waals surface area contributed by atoms with E-state index in [2.05, 4.69) is 5.32 Å². The number of nitrogens with one attached hydrogen (secondary N) is 1. The van der Waals surface area contributed by atoms with E-state index in [-0.39, 0.29) is 29.3 Å². The fourth-order valence-electron chi connectivity index (χ4n) is 2.30. The molecule has 1 aliphatic heterocycles. The van der Waals surface area contributed by atoms with Crippen LogP contribution in [0.1, 0.15) is 16.1 Å². The van der Waals surface area contributed by atoms with Crippen molar-refractivity contribution in [2.24, 2.45) is 0 Å². The summed E-state index contributed by atoms with van der Waals surface area (Å²) in [7, 11) is -3.03. The van der Waals surface area contributed by atoms with Crippen LogP contribution in [0.5, 0.6) is 0 Å². The van der Waals surface area contributed by atoms with Gasteiger partial charge in [-0.1, -0.05) is 6.07 Å². The monoisotopic (exact) mass is 313 g/mol. The van der Waals surface area contributed by atoms with E-state index in [1.54, 1.807) is 12.1 Å². The number of hydrogen-bond acceptors (Lipinski definition) is 4. The lowest BCUT2D eigenvalue weighted by atomic mass is 10.2. The second-order valence-electron chi connectivity index (χ2n) is 4.84. The number of amides is 1.